The van der Waals surface area contributed by atoms with E-state index in [1.165, 1.54) is 44.1 Å². The quantitative estimate of drug-likeness (QED) is 0.587. The van der Waals surface area contributed by atoms with E-state index in [1.807, 2.05) is 12.1 Å². The maximum Gasteiger partial charge on any atom is 0.115 e. The zero-order valence-corrected chi connectivity index (χ0v) is 20.0. The lowest BCUT2D eigenvalue weighted by molar-refractivity contribution is -0.340. The summed E-state index contributed by atoms with van der Waals surface area (Å²) in [6, 6.07) is 5.83. The van der Waals surface area contributed by atoms with Crippen molar-refractivity contribution in [2.75, 3.05) is 6.61 Å². The lowest BCUT2D eigenvalue weighted by Gasteiger charge is -2.72. The molecule has 8 atom stereocenters. The number of aromatic hydroxyl groups is 1. The van der Waals surface area contributed by atoms with Gasteiger partial charge in [-0.3, -0.25) is 0 Å². The third kappa shape index (κ3) is 3.23. The number of hydrogen-bond donors (Lipinski definition) is 3. The highest BCUT2D eigenvalue weighted by atomic mass is 16.5. The molecule has 0 amide bonds. The Morgan fingerprint density at radius 3 is 2.88 bits per heavy atom. The number of phenolic OH excluding ortho intramolecular Hbond substituents is 1. The Morgan fingerprint density at radius 2 is 2.06 bits per heavy atom. The summed E-state index contributed by atoms with van der Waals surface area (Å²) < 4.78 is 7.33. The molecule has 6 aliphatic rings. The standard InChI is InChI=1S/C29H39NO3/c1-27-12-4-7-22-18-29(33-27)23-8-2-5-19(16-23)15-21-10-11-24(32)17-20(21)6-3-9-25(29)28(30,13-14-31)26(22)27/h10-11,17,19,22-23,25-26,31-32H,2,4-8,12-16,18,30H2,1H3/t19-,22+,23-,25+,26+,27-,28+,29-/m1/s1. The van der Waals surface area contributed by atoms with Crippen molar-refractivity contribution in [3.05, 3.63) is 29.3 Å². The number of hydrogen-bond acceptors (Lipinski definition) is 4. The molecule has 0 aromatic heterocycles. The van der Waals surface area contributed by atoms with Crippen LogP contribution in [-0.2, 0) is 17.6 Å². The molecule has 4 nitrogen and oxygen atoms in total. The van der Waals surface area contributed by atoms with E-state index in [9.17, 15) is 10.2 Å². The second-order valence-electron chi connectivity index (χ2n) is 12.1. The van der Waals surface area contributed by atoms with Gasteiger partial charge in [0.2, 0.25) is 0 Å². The van der Waals surface area contributed by atoms with Crippen molar-refractivity contribution in [3.8, 4) is 17.6 Å². The van der Waals surface area contributed by atoms with Crippen molar-refractivity contribution in [2.45, 2.75) is 94.3 Å². The molecule has 2 saturated heterocycles. The molecule has 7 rings (SSSR count). The molecular weight excluding hydrogens is 410 g/mol. The predicted molar refractivity (Wildman–Crippen MR) is 129 cm³/mol. The predicted octanol–water partition coefficient (Wildman–Crippen LogP) is 4.34. The van der Waals surface area contributed by atoms with Crippen LogP contribution in [0.3, 0.4) is 0 Å². The summed E-state index contributed by atoms with van der Waals surface area (Å²) >= 11 is 0. The topological polar surface area (TPSA) is 75.7 Å². The van der Waals surface area contributed by atoms with Gasteiger partial charge < -0.3 is 20.7 Å². The van der Waals surface area contributed by atoms with Crippen LogP contribution in [0.15, 0.2) is 18.2 Å². The van der Waals surface area contributed by atoms with E-state index < -0.39 is 5.54 Å². The SMILES string of the molecule is C[C@]12CCC[C@H]3C[C@@]4(O1)[C@@H]1CCC[C@H](Cc5ccc(O)cc5CC#C[C@H]4[C@@](N)(CCO)[C@@H]32)C1. The number of nitrogens with two attached hydrogens (primary N) is 1. The van der Waals surface area contributed by atoms with E-state index in [0.717, 1.165) is 24.8 Å². The third-order valence-electron chi connectivity index (χ3n) is 10.2. The van der Waals surface area contributed by atoms with Gasteiger partial charge in [-0.2, -0.15) is 0 Å². The number of aliphatic hydroxyl groups excluding tert-OH is 1. The molecule has 0 unspecified atom stereocenters. The van der Waals surface area contributed by atoms with Gasteiger partial charge in [-0.05, 0) is 92.9 Å². The van der Waals surface area contributed by atoms with Gasteiger partial charge >= 0.3 is 0 Å². The minimum absolute atomic E-state index is 0.0489. The zero-order chi connectivity index (χ0) is 22.8. The van der Waals surface area contributed by atoms with Crippen LogP contribution >= 0.6 is 0 Å². The Bertz CT molecular complexity index is 996. The highest BCUT2D eigenvalue weighted by molar-refractivity contribution is 5.39. The van der Waals surface area contributed by atoms with Crippen molar-refractivity contribution in [1.82, 2.24) is 0 Å². The van der Waals surface area contributed by atoms with Crippen molar-refractivity contribution in [1.29, 1.82) is 0 Å². The minimum Gasteiger partial charge on any atom is -0.508 e. The Hall–Kier alpha value is -1.54. The molecule has 2 aliphatic heterocycles. The number of phenols is 1. The zero-order valence-electron chi connectivity index (χ0n) is 20.0. The molecule has 6 bridgehead atoms. The van der Waals surface area contributed by atoms with Gasteiger partial charge in [-0.25, -0.2) is 0 Å². The Kier molecular flexibility index (Phi) is 5.15. The first-order valence-electron chi connectivity index (χ1n) is 13.3. The van der Waals surface area contributed by atoms with Crippen molar-refractivity contribution < 1.29 is 14.9 Å². The Morgan fingerprint density at radius 1 is 1.18 bits per heavy atom. The Balaban J connectivity index is 1.51. The van der Waals surface area contributed by atoms with Crippen molar-refractivity contribution >= 4 is 0 Å². The minimum atomic E-state index is -0.513. The van der Waals surface area contributed by atoms with Gasteiger partial charge in [0.1, 0.15) is 5.75 Å². The lowest BCUT2D eigenvalue weighted by Crippen LogP contribution is -2.80. The molecule has 4 N–H and O–H groups in total. The molecule has 1 aromatic carbocycles. The molecular formula is C29H39NO3. The summed E-state index contributed by atoms with van der Waals surface area (Å²) in [6.45, 7) is 2.42. The summed E-state index contributed by atoms with van der Waals surface area (Å²) in [5.41, 5.74) is 8.90. The first-order valence-corrected chi connectivity index (χ1v) is 13.3. The molecule has 0 radical (unpaired) electrons. The highest BCUT2D eigenvalue weighted by Gasteiger charge is 2.72. The van der Waals surface area contributed by atoms with Gasteiger partial charge in [0.15, 0.2) is 0 Å². The Labute approximate surface area is 198 Å². The summed E-state index contributed by atoms with van der Waals surface area (Å²) in [7, 11) is 0. The van der Waals surface area contributed by atoms with Crippen LogP contribution in [0.25, 0.3) is 0 Å². The molecule has 1 spiro atoms. The maximum atomic E-state index is 10.2. The van der Waals surface area contributed by atoms with Gasteiger partial charge in [-0.1, -0.05) is 37.2 Å². The smallest absolute Gasteiger partial charge is 0.115 e. The van der Waals surface area contributed by atoms with Gasteiger partial charge in [0.25, 0.3) is 0 Å². The summed E-state index contributed by atoms with van der Waals surface area (Å²) in [5, 5.41) is 20.3. The number of aliphatic hydroxyl groups is 1. The molecule has 4 heteroatoms. The fourth-order valence-corrected chi connectivity index (χ4v) is 9.27. The average molecular weight is 450 g/mol. The molecule has 178 valence electrons. The largest absolute Gasteiger partial charge is 0.508 e. The second kappa shape index (κ2) is 7.74. The van der Waals surface area contributed by atoms with Crippen LogP contribution in [0, 0.1) is 41.4 Å². The van der Waals surface area contributed by atoms with E-state index in [1.54, 1.807) is 0 Å². The molecule has 33 heavy (non-hydrogen) atoms. The van der Waals surface area contributed by atoms with Crippen molar-refractivity contribution in [3.63, 3.8) is 0 Å². The van der Waals surface area contributed by atoms with Crippen LogP contribution in [0.4, 0.5) is 0 Å². The summed E-state index contributed by atoms with van der Waals surface area (Å²) in [4.78, 5) is 0. The molecule has 3 saturated carbocycles. The van der Waals surface area contributed by atoms with Crippen LogP contribution in [-0.4, -0.2) is 33.6 Å². The normalized spacial score (nSPS) is 45.7. The third-order valence-corrected chi connectivity index (χ3v) is 10.2. The van der Waals surface area contributed by atoms with E-state index in [-0.39, 0.29) is 29.6 Å². The number of rotatable bonds is 2. The van der Waals surface area contributed by atoms with E-state index >= 15 is 0 Å². The van der Waals surface area contributed by atoms with Crippen LogP contribution in [0.1, 0.15) is 75.8 Å². The second-order valence-corrected chi connectivity index (χ2v) is 12.1. The summed E-state index contributed by atoms with van der Waals surface area (Å²) in [6.07, 6.45) is 11.7. The molecule has 5 fully saturated rings. The fraction of sp³-hybridized carbons (Fsp3) is 0.724. The van der Waals surface area contributed by atoms with E-state index in [4.69, 9.17) is 10.5 Å². The van der Waals surface area contributed by atoms with Gasteiger partial charge in [0, 0.05) is 24.5 Å². The molecule has 1 aromatic rings. The number of benzene rings is 1. The van der Waals surface area contributed by atoms with Gasteiger partial charge in [-0.15, -0.1) is 0 Å². The maximum absolute atomic E-state index is 10.2. The monoisotopic (exact) mass is 449 g/mol. The molecule has 4 aliphatic carbocycles. The molecule has 2 heterocycles. The lowest BCUT2D eigenvalue weighted by atomic mass is 9.43. The van der Waals surface area contributed by atoms with E-state index in [2.05, 4.69) is 24.8 Å². The average Bonchev–Trinajstić information content (AvgIpc) is 2.78. The number of ether oxygens (including phenoxy) is 1. The number of fused-ring (bicyclic) bond motifs is 3. The van der Waals surface area contributed by atoms with Crippen LogP contribution < -0.4 is 5.73 Å². The summed E-state index contributed by atoms with van der Waals surface area (Å²) in [5.74, 6) is 9.40. The fourth-order valence-electron chi connectivity index (χ4n) is 9.27. The first-order chi connectivity index (χ1) is 15.9. The first kappa shape index (κ1) is 22.0. The van der Waals surface area contributed by atoms with Crippen molar-refractivity contribution in [2.24, 2.45) is 35.3 Å². The van der Waals surface area contributed by atoms with Gasteiger partial charge in [0.05, 0.1) is 17.1 Å². The van der Waals surface area contributed by atoms with E-state index in [0.29, 0.717) is 36.3 Å². The highest BCUT2D eigenvalue weighted by Crippen LogP contribution is 2.67. The van der Waals surface area contributed by atoms with Crippen LogP contribution in [0.5, 0.6) is 5.75 Å². The van der Waals surface area contributed by atoms with Crippen LogP contribution in [0.2, 0.25) is 0 Å².